The van der Waals surface area contributed by atoms with E-state index in [1.165, 1.54) is 44.9 Å². The molecule has 30 heavy (non-hydrogen) atoms. The molecule has 6 nitrogen and oxygen atoms in total. The summed E-state index contributed by atoms with van der Waals surface area (Å²) >= 11 is 0. The molecule has 0 radical (unpaired) electrons. The first-order valence-corrected chi connectivity index (χ1v) is 13.2. The quantitative estimate of drug-likeness (QED) is 0.121. The Labute approximate surface area is 184 Å². The van der Waals surface area contributed by atoms with Gasteiger partial charge in [-0.05, 0) is 32.1 Å². The summed E-state index contributed by atoms with van der Waals surface area (Å²) in [5, 5.41) is 0. The van der Waals surface area contributed by atoms with Crippen molar-refractivity contribution >= 4 is 13.6 Å². The molecule has 0 aromatic rings. The highest BCUT2D eigenvalue weighted by atomic mass is 31.2. The monoisotopic (exact) mass is 447 g/mol. The van der Waals surface area contributed by atoms with E-state index in [0.717, 1.165) is 38.5 Å². The standard InChI is InChI=1S/C23H46NO5P/c1-5-6-7-8-9-10-11-12-13-14-15-16-17-18-19-20-22(25)23(21-24(2,3)4)29-30(26,27)28/h12-13,23H,5-11,14-21H2,1-4H3,(H-,26,27,28)/b13-12-. The number of Topliss-reactive ketones (excluding diaryl/α,β-unsaturated/α-hetero) is 1. The zero-order chi connectivity index (χ0) is 22.9. The van der Waals surface area contributed by atoms with E-state index in [9.17, 15) is 14.3 Å². The first-order valence-electron chi connectivity index (χ1n) is 11.8. The zero-order valence-corrected chi connectivity index (χ0v) is 20.7. The largest absolute Gasteiger partial charge is 0.756 e. The van der Waals surface area contributed by atoms with Gasteiger partial charge in [0.05, 0.1) is 21.1 Å². The molecule has 0 bridgehead atoms. The minimum Gasteiger partial charge on any atom is -0.756 e. The Morgan fingerprint density at radius 2 is 1.40 bits per heavy atom. The second-order valence-corrected chi connectivity index (χ2v) is 10.5. The SMILES string of the molecule is CCCCCCCC/C=C\CCCCCCCC(=O)C(C[N+](C)(C)C)OP(=O)([O-])O. The van der Waals surface area contributed by atoms with Crippen molar-refractivity contribution in [3.05, 3.63) is 12.2 Å². The van der Waals surface area contributed by atoms with Crippen molar-refractivity contribution in [3.63, 3.8) is 0 Å². The molecule has 0 saturated carbocycles. The maximum absolute atomic E-state index is 12.3. The van der Waals surface area contributed by atoms with Gasteiger partial charge in [-0.25, -0.2) is 0 Å². The predicted molar refractivity (Wildman–Crippen MR) is 122 cm³/mol. The summed E-state index contributed by atoms with van der Waals surface area (Å²) in [4.78, 5) is 32.3. The summed E-state index contributed by atoms with van der Waals surface area (Å²) in [6.07, 6.45) is 19.1. The maximum atomic E-state index is 12.3. The second kappa shape index (κ2) is 17.1. The predicted octanol–water partition coefficient (Wildman–Crippen LogP) is 5.15. The third kappa shape index (κ3) is 20.7. The summed E-state index contributed by atoms with van der Waals surface area (Å²) in [6, 6.07) is 0. The molecule has 0 aromatic carbocycles. The molecule has 0 aliphatic carbocycles. The fourth-order valence-corrected chi connectivity index (χ4v) is 3.89. The van der Waals surface area contributed by atoms with Gasteiger partial charge in [0.1, 0.15) is 6.54 Å². The average molecular weight is 448 g/mol. The van der Waals surface area contributed by atoms with E-state index in [1.54, 1.807) is 0 Å². The molecule has 2 unspecified atom stereocenters. The van der Waals surface area contributed by atoms with Gasteiger partial charge in [0.2, 0.25) is 0 Å². The molecule has 7 heteroatoms. The van der Waals surface area contributed by atoms with Crippen LogP contribution in [0.4, 0.5) is 0 Å². The van der Waals surface area contributed by atoms with Crippen molar-refractivity contribution in [1.29, 1.82) is 0 Å². The lowest BCUT2D eigenvalue weighted by molar-refractivity contribution is -0.872. The fourth-order valence-electron chi connectivity index (χ4n) is 3.38. The number of phosphoric ester groups is 1. The van der Waals surface area contributed by atoms with E-state index in [0.29, 0.717) is 4.48 Å². The van der Waals surface area contributed by atoms with E-state index in [1.807, 2.05) is 21.1 Å². The van der Waals surface area contributed by atoms with Crippen molar-refractivity contribution in [2.75, 3.05) is 27.7 Å². The normalized spacial score (nSPS) is 15.4. The highest BCUT2D eigenvalue weighted by Gasteiger charge is 2.28. The smallest absolute Gasteiger partial charge is 0.266 e. The van der Waals surface area contributed by atoms with Crippen molar-refractivity contribution in [3.8, 4) is 0 Å². The summed E-state index contributed by atoms with van der Waals surface area (Å²) in [6.45, 7) is 2.45. The van der Waals surface area contributed by atoms with Gasteiger partial charge in [0, 0.05) is 6.42 Å². The Balaban J connectivity index is 3.79. The minimum absolute atomic E-state index is 0.205. The summed E-state index contributed by atoms with van der Waals surface area (Å²) in [7, 11) is 0.614. The highest BCUT2D eigenvalue weighted by molar-refractivity contribution is 7.44. The molecule has 178 valence electrons. The molecule has 0 fully saturated rings. The van der Waals surface area contributed by atoms with Crippen molar-refractivity contribution < 1.29 is 28.2 Å². The van der Waals surface area contributed by atoms with Crippen LogP contribution in [0.15, 0.2) is 12.2 Å². The zero-order valence-electron chi connectivity index (χ0n) is 19.8. The summed E-state index contributed by atoms with van der Waals surface area (Å²) in [5.74, 6) is -0.259. The third-order valence-electron chi connectivity index (χ3n) is 5.02. The van der Waals surface area contributed by atoms with Gasteiger partial charge in [0.25, 0.3) is 7.82 Å². The Kier molecular flexibility index (Phi) is 16.8. The number of unbranched alkanes of at least 4 members (excludes halogenated alkanes) is 11. The number of carbonyl (C=O) groups excluding carboxylic acids is 1. The third-order valence-corrected chi connectivity index (χ3v) is 5.54. The first-order chi connectivity index (χ1) is 14.0. The van der Waals surface area contributed by atoms with Crippen molar-refractivity contribution in [1.82, 2.24) is 0 Å². The van der Waals surface area contributed by atoms with Gasteiger partial charge in [-0.15, -0.1) is 0 Å². The van der Waals surface area contributed by atoms with Crippen molar-refractivity contribution in [2.45, 2.75) is 103 Å². The van der Waals surface area contributed by atoms with Crippen LogP contribution in [-0.4, -0.2) is 49.0 Å². The second-order valence-electron chi connectivity index (χ2n) is 9.34. The molecule has 0 aliphatic heterocycles. The maximum Gasteiger partial charge on any atom is 0.266 e. The van der Waals surface area contributed by atoms with Gasteiger partial charge in [-0.1, -0.05) is 70.4 Å². The number of ketones is 1. The van der Waals surface area contributed by atoms with Crippen LogP contribution >= 0.6 is 7.82 Å². The van der Waals surface area contributed by atoms with Crippen LogP contribution < -0.4 is 4.89 Å². The van der Waals surface area contributed by atoms with Gasteiger partial charge in [-0.3, -0.25) is 9.36 Å². The van der Waals surface area contributed by atoms with Crippen LogP contribution in [0.3, 0.4) is 0 Å². The van der Waals surface area contributed by atoms with Crippen LogP contribution in [0.5, 0.6) is 0 Å². The molecule has 0 saturated heterocycles. The Bertz CT molecular complexity index is 510. The number of hydrogen-bond donors (Lipinski definition) is 1. The molecular weight excluding hydrogens is 401 g/mol. The Morgan fingerprint density at radius 3 is 1.87 bits per heavy atom. The Hall–Kier alpha value is -0.520. The minimum atomic E-state index is -4.92. The number of likely N-dealkylation sites (N-methyl/N-ethyl adjacent to an activating group) is 1. The fraction of sp³-hybridized carbons (Fsp3) is 0.870. The van der Waals surface area contributed by atoms with E-state index in [4.69, 9.17) is 4.89 Å². The van der Waals surface area contributed by atoms with Gasteiger partial charge in [0.15, 0.2) is 11.9 Å². The van der Waals surface area contributed by atoms with Gasteiger partial charge < -0.3 is 18.8 Å². The van der Waals surface area contributed by atoms with Crippen LogP contribution in [0.2, 0.25) is 0 Å². The van der Waals surface area contributed by atoms with Crippen molar-refractivity contribution in [2.24, 2.45) is 0 Å². The molecule has 0 heterocycles. The number of hydrogen-bond acceptors (Lipinski definition) is 4. The number of carbonyl (C=O) groups is 1. The number of allylic oxidation sites excluding steroid dienone is 2. The average Bonchev–Trinajstić information content (AvgIpc) is 2.62. The van der Waals surface area contributed by atoms with E-state index in [-0.39, 0.29) is 18.7 Å². The lowest BCUT2D eigenvalue weighted by Gasteiger charge is -2.30. The van der Waals surface area contributed by atoms with Crippen LogP contribution in [0.25, 0.3) is 0 Å². The first kappa shape index (κ1) is 29.5. The molecule has 1 N–H and O–H groups in total. The number of phosphoric acid groups is 1. The molecule has 0 rings (SSSR count). The van der Waals surface area contributed by atoms with Crippen LogP contribution in [0.1, 0.15) is 96.8 Å². The molecule has 2 atom stereocenters. The molecular formula is C23H46NO5P. The number of quaternary nitrogens is 1. The lowest BCUT2D eigenvalue weighted by atomic mass is 10.0. The van der Waals surface area contributed by atoms with E-state index in [2.05, 4.69) is 23.6 Å². The van der Waals surface area contributed by atoms with Gasteiger partial charge >= 0.3 is 0 Å². The van der Waals surface area contributed by atoms with Crippen LogP contribution in [-0.2, 0) is 13.9 Å². The van der Waals surface area contributed by atoms with Gasteiger partial charge in [-0.2, -0.15) is 0 Å². The lowest BCUT2D eigenvalue weighted by Crippen LogP contribution is -2.45. The summed E-state index contributed by atoms with van der Waals surface area (Å²) in [5.41, 5.74) is 0. The summed E-state index contributed by atoms with van der Waals surface area (Å²) < 4.78 is 16.1. The Morgan fingerprint density at radius 1 is 0.933 bits per heavy atom. The molecule has 0 aromatic heterocycles. The highest BCUT2D eigenvalue weighted by Crippen LogP contribution is 2.33. The van der Waals surface area contributed by atoms with E-state index >= 15 is 0 Å². The molecule has 0 aliphatic rings. The number of nitrogens with zero attached hydrogens (tertiary/aromatic N) is 1. The van der Waals surface area contributed by atoms with Crippen LogP contribution in [0, 0.1) is 0 Å². The number of rotatable bonds is 20. The molecule has 0 spiro atoms. The molecule has 0 amide bonds. The van der Waals surface area contributed by atoms with E-state index < -0.39 is 13.9 Å². The topological polar surface area (TPSA) is 86.7 Å².